The van der Waals surface area contributed by atoms with Crippen molar-refractivity contribution < 1.29 is 9.90 Å². The molecule has 0 amide bonds. The number of hydrogen-bond donors (Lipinski definition) is 2. The molecule has 2 rings (SSSR count). The minimum absolute atomic E-state index is 0.0166. The molecule has 16 heavy (non-hydrogen) atoms. The quantitative estimate of drug-likeness (QED) is 0.757. The molecule has 84 valence electrons. The first-order valence-corrected chi connectivity index (χ1v) is 5.23. The molecule has 0 aliphatic heterocycles. The maximum absolute atomic E-state index is 10.9. The molecular formula is C11H13N3O2. The number of hydrogen-bond acceptors (Lipinski definition) is 4. The first-order chi connectivity index (χ1) is 7.77. The summed E-state index contributed by atoms with van der Waals surface area (Å²) in [6.07, 6.45) is 10.0. The molecule has 0 fully saturated rings. The molecule has 1 atom stereocenters. The third kappa shape index (κ3) is 2.36. The van der Waals surface area contributed by atoms with E-state index in [1.165, 1.54) is 12.4 Å². The van der Waals surface area contributed by atoms with E-state index < -0.39 is 5.97 Å². The Balaban J connectivity index is 2.14. The Morgan fingerprint density at radius 3 is 2.88 bits per heavy atom. The van der Waals surface area contributed by atoms with Crippen LogP contribution in [0.25, 0.3) is 0 Å². The Morgan fingerprint density at radius 1 is 1.38 bits per heavy atom. The highest BCUT2D eigenvalue weighted by Crippen LogP contribution is 2.17. The van der Waals surface area contributed by atoms with Gasteiger partial charge in [0.05, 0.1) is 0 Å². The Morgan fingerprint density at radius 2 is 2.19 bits per heavy atom. The lowest BCUT2D eigenvalue weighted by Crippen LogP contribution is -2.23. The molecule has 1 aromatic rings. The molecule has 1 unspecified atom stereocenters. The van der Waals surface area contributed by atoms with Crippen molar-refractivity contribution in [2.75, 3.05) is 5.32 Å². The first-order valence-electron chi connectivity index (χ1n) is 5.23. The Kier molecular flexibility index (Phi) is 3.14. The van der Waals surface area contributed by atoms with Crippen molar-refractivity contribution in [2.45, 2.75) is 25.3 Å². The van der Waals surface area contributed by atoms with Gasteiger partial charge in [0.25, 0.3) is 0 Å². The predicted octanol–water partition coefficient (Wildman–Crippen LogP) is 1.70. The zero-order valence-corrected chi connectivity index (χ0v) is 8.76. The average molecular weight is 219 g/mol. The number of aromatic nitrogens is 2. The van der Waals surface area contributed by atoms with Gasteiger partial charge in [0.1, 0.15) is 0 Å². The van der Waals surface area contributed by atoms with Crippen LogP contribution in [0.4, 0.5) is 5.82 Å². The van der Waals surface area contributed by atoms with Gasteiger partial charge in [-0.15, -0.1) is 0 Å². The topological polar surface area (TPSA) is 75.1 Å². The van der Waals surface area contributed by atoms with Crippen LogP contribution in [0, 0.1) is 0 Å². The third-order valence-electron chi connectivity index (χ3n) is 2.51. The van der Waals surface area contributed by atoms with Crippen molar-refractivity contribution in [3.8, 4) is 0 Å². The summed E-state index contributed by atoms with van der Waals surface area (Å²) in [6.45, 7) is 0. The van der Waals surface area contributed by atoms with Gasteiger partial charge in [0.2, 0.25) is 0 Å². The van der Waals surface area contributed by atoms with E-state index in [-0.39, 0.29) is 11.7 Å². The summed E-state index contributed by atoms with van der Waals surface area (Å²) in [5, 5.41) is 12.1. The molecule has 0 aromatic carbocycles. The van der Waals surface area contributed by atoms with Crippen LogP contribution in [0.15, 0.2) is 24.5 Å². The minimum Gasteiger partial charge on any atom is -0.476 e. The lowest BCUT2D eigenvalue weighted by Gasteiger charge is -2.20. The van der Waals surface area contributed by atoms with E-state index in [9.17, 15) is 4.79 Å². The molecule has 0 radical (unpaired) electrons. The fraction of sp³-hybridized carbons (Fsp3) is 0.364. The molecule has 5 heteroatoms. The number of anilines is 1. The highest BCUT2D eigenvalue weighted by Gasteiger charge is 2.16. The van der Waals surface area contributed by atoms with E-state index in [1.807, 2.05) is 0 Å². The van der Waals surface area contributed by atoms with Crippen molar-refractivity contribution in [2.24, 2.45) is 0 Å². The Bertz CT molecular complexity index is 417. The number of aromatic carboxylic acids is 1. The van der Waals surface area contributed by atoms with E-state index in [2.05, 4.69) is 27.4 Å². The second-order valence-electron chi connectivity index (χ2n) is 3.68. The summed E-state index contributed by atoms with van der Waals surface area (Å²) in [7, 11) is 0. The zero-order chi connectivity index (χ0) is 11.4. The Hall–Kier alpha value is -1.91. The molecule has 5 nitrogen and oxygen atoms in total. The molecule has 1 aromatic heterocycles. The molecular weight excluding hydrogens is 206 g/mol. The fourth-order valence-electron chi connectivity index (χ4n) is 1.72. The van der Waals surface area contributed by atoms with E-state index in [0.717, 1.165) is 19.3 Å². The van der Waals surface area contributed by atoms with E-state index in [1.54, 1.807) is 0 Å². The van der Waals surface area contributed by atoms with Crippen molar-refractivity contribution in [1.82, 2.24) is 9.97 Å². The van der Waals surface area contributed by atoms with Crippen LogP contribution < -0.4 is 5.32 Å². The van der Waals surface area contributed by atoms with Crippen molar-refractivity contribution in [3.05, 3.63) is 30.2 Å². The fourth-order valence-corrected chi connectivity index (χ4v) is 1.72. The highest BCUT2D eigenvalue weighted by molar-refractivity contribution is 5.90. The van der Waals surface area contributed by atoms with Gasteiger partial charge < -0.3 is 10.4 Å². The molecule has 1 heterocycles. The van der Waals surface area contributed by atoms with Crippen LogP contribution >= 0.6 is 0 Å². The van der Waals surface area contributed by atoms with Gasteiger partial charge in [-0.1, -0.05) is 12.2 Å². The van der Waals surface area contributed by atoms with Crippen LogP contribution in [0.1, 0.15) is 29.8 Å². The third-order valence-corrected chi connectivity index (χ3v) is 2.51. The van der Waals surface area contributed by atoms with Crippen LogP contribution in [0.2, 0.25) is 0 Å². The number of allylic oxidation sites excluding steroid dienone is 1. The number of rotatable bonds is 3. The molecule has 0 saturated heterocycles. The zero-order valence-electron chi connectivity index (χ0n) is 8.76. The number of carboxylic acid groups (broad SMARTS) is 1. The predicted molar refractivity (Wildman–Crippen MR) is 59.4 cm³/mol. The van der Waals surface area contributed by atoms with E-state index in [0.29, 0.717) is 5.82 Å². The van der Waals surface area contributed by atoms with Gasteiger partial charge in [-0.25, -0.2) is 14.8 Å². The summed E-state index contributed by atoms with van der Waals surface area (Å²) in [4.78, 5) is 18.7. The maximum atomic E-state index is 10.9. The van der Waals surface area contributed by atoms with Gasteiger partial charge in [-0.05, 0) is 19.3 Å². The summed E-state index contributed by atoms with van der Waals surface area (Å²) in [6, 6.07) is 0.250. The van der Waals surface area contributed by atoms with Crippen LogP contribution in [-0.2, 0) is 0 Å². The molecule has 2 N–H and O–H groups in total. The number of carbonyl (C=O) groups is 1. The second-order valence-corrected chi connectivity index (χ2v) is 3.68. The summed E-state index contributed by atoms with van der Waals surface area (Å²) < 4.78 is 0. The van der Waals surface area contributed by atoms with E-state index in [4.69, 9.17) is 5.11 Å². The monoisotopic (exact) mass is 219 g/mol. The van der Waals surface area contributed by atoms with Crippen LogP contribution in [-0.4, -0.2) is 27.1 Å². The SMILES string of the molecule is O=C(O)c1nccnc1NC1CC=CCC1. The molecule has 0 saturated carbocycles. The number of carboxylic acids is 1. The number of nitrogens with one attached hydrogen (secondary N) is 1. The molecule has 0 bridgehead atoms. The van der Waals surface area contributed by atoms with Gasteiger partial charge >= 0.3 is 5.97 Å². The van der Waals surface area contributed by atoms with Gasteiger partial charge in [0.15, 0.2) is 11.5 Å². The average Bonchev–Trinajstić information content (AvgIpc) is 2.31. The first kappa shape index (κ1) is 10.6. The standard InChI is InChI=1S/C11H13N3O2/c15-11(16)9-10(13-7-6-12-9)14-8-4-2-1-3-5-8/h1-2,6-8H,3-5H2,(H,13,14)(H,15,16). The normalized spacial score (nSPS) is 19.4. The van der Waals surface area contributed by atoms with E-state index >= 15 is 0 Å². The molecule has 0 spiro atoms. The number of nitrogens with zero attached hydrogens (tertiary/aromatic N) is 2. The summed E-state index contributed by atoms with van der Waals surface area (Å²) in [5.41, 5.74) is -0.0166. The minimum atomic E-state index is -1.05. The van der Waals surface area contributed by atoms with Gasteiger partial charge in [-0.2, -0.15) is 0 Å². The highest BCUT2D eigenvalue weighted by atomic mass is 16.4. The van der Waals surface area contributed by atoms with Gasteiger partial charge in [0, 0.05) is 18.4 Å². The van der Waals surface area contributed by atoms with Crippen molar-refractivity contribution in [3.63, 3.8) is 0 Å². The van der Waals surface area contributed by atoms with Crippen molar-refractivity contribution >= 4 is 11.8 Å². The lowest BCUT2D eigenvalue weighted by atomic mass is 10.0. The Labute approximate surface area is 93.2 Å². The largest absolute Gasteiger partial charge is 0.476 e. The molecule has 1 aliphatic carbocycles. The summed E-state index contributed by atoms with van der Waals surface area (Å²) >= 11 is 0. The maximum Gasteiger partial charge on any atom is 0.358 e. The smallest absolute Gasteiger partial charge is 0.358 e. The molecule has 1 aliphatic rings. The van der Waals surface area contributed by atoms with Crippen molar-refractivity contribution in [1.29, 1.82) is 0 Å². The van der Waals surface area contributed by atoms with Crippen LogP contribution in [0.5, 0.6) is 0 Å². The lowest BCUT2D eigenvalue weighted by molar-refractivity contribution is 0.0691. The van der Waals surface area contributed by atoms with Gasteiger partial charge in [-0.3, -0.25) is 0 Å². The van der Waals surface area contributed by atoms with Crippen LogP contribution in [0.3, 0.4) is 0 Å². The summed E-state index contributed by atoms with van der Waals surface area (Å²) in [5.74, 6) is -0.697. The second kappa shape index (κ2) is 4.74.